The Labute approximate surface area is 136 Å². The van der Waals surface area contributed by atoms with Gasteiger partial charge in [-0.15, -0.1) is 0 Å². The Morgan fingerprint density at radius 1 is 1.26 bits per heavy atom. The van der Waals surface area contributed by atoms with Gasteiger partial charge >= 0.3 is 0 Å². The predicted octanol–water partition coefficient (Wildman–Crippen LogP) is 2.52. The Morgan fingerprint density at radius 2 is 2.00 bits per heavy atom. The van der Waals surface area contributed by atoms with Crippen molar-refractivity contribution in [2.75, 3.05) is 26.2 Å². The summed E-state index contributed by atoms with van der Waals surface area (Å²) >= 11 is 0. The van der Waals surface area contributed by atoms with E-state index in [0.29, 0.717) is 25.4 Å². The number of rotatable bonds is 3. The van der Waals surface area contributed by atoms with Gasteiger partial charge < -0.3 is 13.7 Å². The Kier molecular flexibility index (Phi) is 4.26. The lowest BCUT2D eigenvalue weighted by Gasteiger charge is -2.33. The molecule has 3 heterocycles. The van der Waals surface area contributed by atoms with Crippen LogP contribution in [0, 0.1) is 0 Å². The maximum absolute atomic E-state index is 12.2. The van der Waals surface area contributed by atoms with Crippen LogP contribution in [0.5, 0.6) is 0 Å². The summed E-state index contributed by atoms with van der Waals surface area (Å²) in [4.78, 5) is 20.7. The first-order valence-corrected chi connectivity index (χ1v) is 7.94. The molecule has 0 atom stereocenters. The van der Waals surface area contributed by atoms with E-state index in [1.54, 1.807) is 12.1 Å². The Bertz CT molecular complexity index is 647. The van der Waals surface area contributed by atoms with Crippen molar-refractivity contribution in [3.05, 3.63) is 42.0 Å². The van der Waals surface area contributed by atoms with Gasteiger partial charge in [0, 0.05) is 31.6 Å². The highest BCUT2D eigenvalue weighted by atomic mass is 16.4. The van der Waals surface area contributed by atoms with Crippen LogP contribution in [0.2, 0.25) is 0 Å². The van der Waals surface area contributed by atoms with Crippen LogP contribution in [0.15, 0.2) is 33.4 Å². The van der Waals surface area contributed by atoms with Crippen molar-refractivity contribution in [1.29, 1.82) is 0 Å². The third-order valence-electron chi connectivity index (χ3n) is 4.04. The van der Waals surface area contributed by atoms with Crippen molar-refractivity contribution in [1.82, 2.24) is 14.8 Å². The fourth-order valence-corrected chi connectivity index (χ4v) is 2.59. The van der Waals surface area contributed by atoms with E-state index in [0.717, 1.165) is 24.7 Å². The van der Waals surface area contributed by atoms with Gasteiger partial charge in [0.25, 0.3) is 5.91 Å². The third-order valence-corrected chi connectivity index (χ3v) is 4.04. The van der Waals surface area contributed by atoms with E-state index < -0.39 is 0 Å². The van der Waals surface area contributed by atoms with Crippen molar-refractivity contribution in [3.8, 4) is 0 Å². The first-order valence-electron chi connectivity index (χ1n) is 7.94. The molecule has 0 saturated carbocycles. The molecule has 1 fully saturated rings. The number of piperazine rings is 1. The highest BCUT2D eigenvalue weighted by molar-refractivity contribution is 5.91. The molecule has 0 aromatic carbocycles. The van der Waals surface area contributed by atoms with Crippen molar-refractivity contribution >= 4 is 5.91 Å². The van der Waals surface area contributed by atoms with Crippen LogP contribution in [0.3, 0.4) is 0 Å². The summed E-state index contributed by atoms with van der Waals surface area (Å²) in [7, 11) is 0. The lowest BCUT2D eigenvalue weighted by atomic mass is 9.94. The van der Waals surface area contributed by atoms with Gasteiger partial charge in [-0.3, -0.25) is 9.69 Å². The molecule has 0 bridgehead atoms. The summed E-state index contributed by atoms with van der Waals surface area (Å²) in [5.74, 6) is 2.00. The summed E-state index contributed by atoms with van der Waals surface area (Å²) in [6.07, 6.45) is 3.34. The number of oxazole rings is 1. The number of hydrogen-bond donors (Lipinski definition) is 0. The molecule has 2 aromatic heterocycles. The second-order valence-corrected chi connectivity index (χ2v) is 6.91. The normalized spacial score (nSPS) is 16.7. The molecular weight excluding hydrogens is 294 g/mol. The van der Waals surface area contributed by atoms with Crippen LogP contribution in [-0.2, 0) is 12.0 Å². The maximum atomic E-state index is 12.2. The molecule has 0 aliphatic carbocycles. The number of furan rings is 1. The van der Waals surface area contributed by atoms with E-state index in [2.05, 4.69) is 30.7 Å². The molecule has 0 unspecified atom stereocenters. The van der Waals surface area contributed by atoms with Crippen LogP contribution in [-0.4, -0.2) is 46.9 Å². The van der Waals surface area contributed by atoms with Crippen molar-refractivity contribution in [2.45, 2.75) is 32.7 Å². The molecule has 1 aliphatic rings. The van der Waals surface area contributed by atoms with Crippen LogP contribution in [0.1, 0.15) is 43.0 Å². The lowest BCUT2D eigenvalue weighted by molar-refractivity contribution is 0.0587. The average Bonchev–Trinajstić information content (AvgIpc) is 3.18. The molecule has 1 amide bonds. The summed E-state index contributed by atoms with van der Waals surface area (Å²) in [6, 6.07) is 3.44. The topological polar surface area (TPSA) is 62.7 Å². The van der Waals surface area contributed by atoms with Crippen molar-refractivity contribution in [2.24, 2.45) is 0 Å². The highest BCUT2D eigenvalue weighted by Gasteiger charge is 2.25. The van der Waals surface area contributed by atoms with Gasteiger partial charge in [-0.1, -0.05) is 20.8 Å². The van der Waals surface area contributed by atoms with Gasteiger partial charge in [-0.05, 0) is 12.1 Å². The van der Waals surface area contributed by atoms with Gasteiger partial charge in [0.15, 0.2) is 5.76 Å². The Hall–Kier alpha value is -2.08. The number of carbonyl (C=O) groups excluding carboxylic acids is 1. The van der Waals surface area contributed by atoms with Crippen LogP contribution < -0.4 is 0 Å². The van der Waals surface area contributed by atoms with Crippen LogP contribution in [0.25, 0.3) is 0 Å². The summed E-state index contributed by atoms with van der Waals surface area (Å²) in [6.45, 7) is 9.99. The number of nitrogens with zero attached hydrogens (tertiary/aromatic N) is 3. The zero-order chi connectivity index (χ0) is 16.4. The molecule has 0 radical (unpaired) electrons. The van der Waals surface area contributed by atoms with Gasteiger partial charge in [0.2, 0.25) is 5.89 Å². The van der Waals surface area contributed by atoms with E-state index in [1.807, 2.05) is 11.1 Å². The molecule has 1 saturated heterocycles. The molecule has 6 nitrogen and oxygen atoms in total. The Morgan fingerprint density at radius 3 is 2.57 bits per heavy atom. The lowest BCUT2D eigenvalue weighted by Crippen LogP contribution is -2.48. The highest BCUT2D eigenvalue weighted by Crippen LogP contribution is 2.23. The minimum atomic E-state index is -0.0409. The second kappa shape index (κ2) is 6.20. The molecule has 2 aromatic rings. The maximum Gasteiger partial charge on any atom is 0.289 e. The Balaban J connectivity index is 1.53. The van der Waals surface area contributed by atoms with E-state index in [1.165, 1.54) is 6.26 Å². The smallest absolute Gasteiger partial charge is 0.289 e. The predicted molar refractivity (Wildman–Crippen MR) is 85.1 cm³/mol. The monoisotopic (exact) mass is 317 g/mol. The van der Waals surface area contributed by atoms with Crippen molar-refractivity contribution in [3.63, 3.8) is 0 Å². The molecule has 6 heteroatoms. The third kappa shape index (κ3) is 3.64. The summed E-state index contributed by atoms with van der Waals surface area (Å²) in [5, 5.41) is 0. The quantitative estimate of drug-likeness (QED) is 0.870. The largest absolute Gasteiger partial charge is 0.459 e. The summed E-state index contributed by atoms with van der Waals surface area (Å²) in [5.41, 5.74) is -0.0284. The minimum Gasteiger partial charge on any atom is -0.459 e. The SMILES string of the molecule is CC(C)(C)c1cnc(CN2CCN(C(=O)c3ccco3)CC2)o1. The molecule has 1 aliphatic heterocycles. The molecular formula is C17H23N3O3. The zero-order valence-electron chi connectivity index (χ0n) is 13.9. The van der Waals surface area contributed by atoms with Crippen molar-refractivity contribution < 1.29 is 13.6 Å². The molecule has 3 rings (SSSR count). The van der Waals surface area contributed by atoms with E-state index >= 15 is 0 Å². The average molecular weight is 317 g/mol. The van der Waals surface area contributed by atoms with Crippen LogP contribution in [0.4, 0.5) is 0 Å². The van der Waals surface area contributed by atoms with E-state index in [9.17, 15) is 4.79 Å². The minimum absolute atomic E-state index is 0.0284. The molecule has 0 spiro atoms. The standard InChI is InChI=1S/C17H23N3O3/c1-17(2,3)14-11-18-15(23-14)12-19-6-8-20(9-7-19)16(21)13-5-4-10-22-13/h4-5,10-11H,6-9,12H2,1-3H3. The van der Waals surface area contributed by atoms with E-state index in [4.69, 9.17) is 8.83 Å². The molecule has 23 heavy (non-hydrogen) atoms. The zero-order valence-corrected chi connectivity index (χ0v) is 13.9. The fourth-order valence-electron chi connectivity index (χ4n) is 2.59. The van der Waals surface area contributed by atoms with Gasteiger partial charge in [0.05, 0.1) is 19.0 Å². The molecule has 124 valence electrons. The van der Waals surface area contributed by atoms with Gasteiger partial charge in [0.1, 0.15) is 5.76 Å². The number of carbonyl (C=O) groups is 1. The van der Waals surface area contributed by atoms with Crippen LogP contribution >= 0.6 is 0 Å². The van der Waals surface area contributed by atoms with Gasteiger partial charge in [-0.25, -0.2) is 4.98 Å². The van der Waals surface area contributed by atoms with E-state index in [-0.39, 0.29) is 11.3 Å². The first kappa shape index (κ1) is 15.8. The summed E-state index contributed by atoms with van der Waals surface area (Å²) < 4.78 is 11.0. The van der Waals surface area contributed by atoms with Gasteiger partial charge in [-0.2, -0.15) is 0 Å². The molecule has 0 N–H and O–H groups in total. The second-order valence-electron chi connectivity index (χ2n) is 6.91. The number of amides is 1. The number of aromatic nitrogens is 1. The first-order chi connectivity index (χ1) is 10.9. The fraction of sp³-hybridized carbons (Fsp3) is 0.529. The number of hydrogen-bond acceptors (Lipinski definition) is 5.